The van der Waals surface area contributed by atoms with Crippen molar-refractivity contribution in [2.45, 2.75) is 12.5 Å². The van der Waals surface area contributed by atoms with E-state index in [0.717, 1.165) is 12.2 Å². The molecule has 1 aromatic carbocycles. The number of fused-ring (bicyclic) bond motifs is 1. The van der Waals surface area contributed by atoms with Crippen LogP contribution in [0.1, 0.15) is 5.56 Å². The quantitative estimate of drug-likeness (QED) is 0.903. The summed E-state index contributed by atoms with van der Waals surface area (Å²) in [6.45, 7) is 0.478. The van der Waals surface area contributed by atoms with Gasteiger partial charge in [0.15, 0.2) is 5.13 Å². The number of benzene rings is 1. The average Bonchev–Trinajstić information content (AvgIpc) is 3.04. The molecule has 0 bridgehead atoms. The molecule has 2 amide bonds. The van der Waals surface area contributed by atoms with Crippen LogP contribution in [0, 0.1) is 0 Å². The van der Waals surface area contributed by atoms with Gasteiger partial charge in [-0.3, -0.25) is 5.32 Å². The lowest BCUT2D eigenvalue weighted by atomic mass is 10.1. The van der Waals surface area contributed by atoms with Crippen LogP contribution in [0.3, 0.4) is 0 Å². The lowest BCUT2D eigenvalue weighted by molar-refractivity contribution is 0.219. The van der Waals surface area contributed by atoms with Crippen molar-refractivity contribution < 1.29 is 9.53 Å². The van der Waals surface area contributed by atoms with Gasteiger partial charge in [-0.25, -0.2) is 9.78 Å². The average molecular weight is 275 g/mol. The van der Waals surface area contributed by atoms with E-state index in [1.807, 2.05) is 29.6 Å². The molecule has 1 aliphatic rings. The Bertz CT molecular complexity index is 546. The number of amides is 2. The Labute approximate surface area is 114 Å². The highest BCUT2D eigenvalue weighted by Crippen LogP contribution is 2.27. The first-order valence-electron chi connectivity index (χ1n) is 6.00. The van der Waals surface area contributed by atoms with Crippen molar-refractivity contribution in [3.8, 4) is 5.75 Å². The fourth-order valence-electron chi connectivity index (χ4n) is 2.00. The lowest BCUT2D eigenvalue weighted by Gasteiger charge is -2.11. The number of ether oxygens (including phenoxy) is 1. The molecule has 2 N–H and O–H groups in total. The molecule has 0 radical (unpaired) electrons. The Hall–Kier alpha value is -2.08. The van der Waals surface area contributed by atoms with E-state index in [-0.39, 0.29) is 12.1 Å². The number of hydrogen-bond acceptors (Lipinski definition) is 4. The lowest BCUT2D eigenvalue weighted by Crippen LogP contribution is -2.37. The van der Waals surface area contributed by atoms with E-state index in [2.05, 4.69) is 15.6 Å². The fourth-order valence-corrected chi connectivity index (χ4v) is 2.52. The highest BCUT2D eigenvalue weighted by Gasteiger charge is 2.22. The van der Waals surface area contributed by atoms with Gasteiger partial charge in [0.2, 0.25) is 0 Å². The van der Waals surface area contributed by atoms with Crippen LogP contribution >= 0.6 is 11.3 Å². The van der Waals surface area contributed by atoms with Gasteiger partial charge in [-0.05, 0) is 11.6 Å². The third kappa shape index (κ3) is 2.85. The van der Waals surface area contributed by atoms with Gasteiger partial charge < -0.3 is 10.1 Å². The summed E-state index contributed by atoms with van der Waals surface area (Å²) in [5.74, 6) is 0.912. The van der Waals surface area contributed by atoms with Gasteiger partial charge in [0.1, 0.15) is 11.9 Å². The summed E-state index contributed by atoms with van der Waals surface area (Å²) in [5, 5.41) is 7.86. The largest absolute Gasteiger partial charge is 0.488 e. The number of urea groups is 1. The number of aromatic nitrogens is 1. The molecule has 0 aliphatic carbocycles. The second-order valence-corrected chi connectivity index (χ2v) is 5.12. The van der Waals surface area contributed by atoms with Gasteiger partial charge in [0.05, 0.1) is 6.54 Å². The molecule has 6 heteroatoms. The molecule has 0 fully saturated rings. The minimum Gasteiger partial charge on any atom is -0.488 e. The summed E-state index contributed by atoms with van der Waals surface area (Å²) >= 11 is 1.38. The summed E-state index contributed by atoms with van der Waals surface area (Å²) in [7, 11) is 0. The van der Waals surface area contributed by atoms with E-state index in [4.69, 9.17) is 4.74 Å². The molecule has 2 aromatic rings. The normalized spacial score (nSPS) is 16.5. The topological polar surface area (TPSA) is 63.2 Å². The number of nitrogens with zero attached hydrogens (tertiary/aromatic N) is 1. The van der Waals surface area contributed by atoms with Crippen molar-refractivity contribution in [3.05, 3.63) is 41.4 Å². The van der Waals surface area contributed by atoms with E-state index >= 15 is 0 Å². The number of thiazole rings is 1. The molecule has 0 spiro atoms. The Morgan fingerprint density at radius 2 is 2.37 bits per heavy atom. The molecule has 0 saturated carbocycles. The maximum Gasteiger partial charge on any atom is 0.321 e. The van der Waals surface area contributed by atoms with E-state index in [1.165, 1.54) is 16.9 Å². The molecule has 3 rings (SSSR count). The second-order valence-electron chi connectivity index (χ2n) is 4.22. The van der Waals surface area contributed by atoms with Gasteiger partial charge in [0.25, 0.3) is 0 Å². The summed E-state index contributed by atoms with van der Waals surface area (Å²) in [5.41, 5.74) is 1.19. The minimum absolute atomic E-state index is 0.000514. The van der Waals surface area contributed by atoms with Crippen molar-refractivity contribution in [2.24, 2.45) is 0 Å². The molecular formula is C13H13N3O2S. The van der Waals surface area contributed by atoms with Crippen molar-refractivity contribution in [1.82, 2.24) is 10.3 Å². The maximum absolute atomic E-state index is 11.6. The highest BCUT2D eigenvalue weighted by molar-refractivity contribution is 7.13. The van der Waals surface area contributed by atoms with E-state index in [9.17, 15) is 4.79 Å². The zero-order chi connectivity index (χ0) is 13.1. The van der Waals surface area contributed by atoms with Crippen molar-refractivity contribution >= 4 is 22.5 Å². The molecule has 1 aliphatic heterocycles. The van der Waals surface area contributed by atoms with E-state index in [1.54, 1.807) is 6.20 Å². The van der Waals surface area contributed by atoms with Gasteiger partial charge >= 0.3 is 6.03 Å². The number of rotatable bonds is 3. The molecule has 5 nitrogen and oxygen atoms in total. The molecule has 1 aromatic heterocycles. The van der Waals surface area contributed by atoms with Crippen LogP contribution in [0.15, 0.2) is 35.8 Å². The molecule has 1 atom stereocenters. The highest BCUT2D eigenvalue weighted by atomic mass is 32.1. The smallest absolute Gasteiger partial charge is 0.321 e. The molecular weight excluding hydrogens is 262 g/mol. The van der Waals surface area contributed by atoms with Crippen LogP contribution in [0.25, 0.3) is 0 Å². The number of para-hydroxylation sites is 1. The zero-order valence-electron chi connectivity index (χ0n) is 10.1. The third-order valence-corrected chi connectivity index (χ3v) is 3.55. The first-order chi connectivity index (χ1) is 9.31. The first-order valence-corrected chi connectivity index (χ1v) is 6.88. The Morgan fingerprint density at radius 1 is 1.47 bits per heavy atom. The molecule has 98 valence electrons. The fraction of sp³-hybridized carbons (Fsp3) is 0.231. The SMILES string of the molecule is O=C(NCC1Cc2ccccc2O1)Nc1nccs1. The number of hydrogen-bond donors (Lipinski definition) is 2. The number of carbonyl (C=O) groups is 1. The second kappa shape index (κ2) is 5.27. The van der Waals surface area contributed by atoms with Crippen LogP contribution in [0.5, 0.6) is 5.75 Å². The Balaban J connectivity index is 1.48. The van der Waals surface area contributed by atoms with Gasteiger partial charge in [-0.2, -0.15) is 0 Å². The van der Waals surface area contributed by atoms with Crippen molar-refractivity contribution in [3.63, 3.8) is 0 Å². The standard InChI is InChI=1S/C13H13N3O2S/c17-12(16-13-14-5-6-19-13)15-8-10-7-9-3-1-2-4-11(9)18-10/h1-6,10H,7-8H2,(H2,14,15,16,17). The zero-order valence-corrected chi connectivity index (χ0v) is 10.9. The minimum atomic E-state index is -0.255. The molecule has 0 saturated heterocycles. The van der Waals surface area contributed by atoms with E-state index in [0.29, 0.717) is 11.7 Å². The van der Waals surface area contributed by atoms with Gasteiger partial charge in [-0.1, -0.05) is 18.2 Å². The summed E-state index contributed by atoms with van der Waals surface area (Å²) in [4.78, 5) is 15.6. The molecule has 19 heavy (non-hydrogen) atoms. The number of carbonyl (C=O) groups excluding carboxylic acids is 1. The van der Waals surface area contributed by atoms with Crippen LogP contribution in [-0.2, 0) is 6.42 Å². The first kappa shape index (κ1) is 12.0. The van der Waals surface area contributed by atoms with Gasteiger partial charge in [0, 0.05) is 18.0 Å². The predicted molar refractivity (Wildman–Crippen MR) is 73.7 cm³/mol. The number of anilines is 1. The molecule has 1 unspecified atom stereocenters. The van der Waals surface area contributed by atoms with Crippen LogP contribution in [-0.4, -0.2) is 23.7 Å². The summed E-state index contributed by atoms with van der Waals surface area (Å²) in [6, 6.07) is 7.68. The monoisotopic (exact) mass is 275 g/mol. The maximum atomic E-state index is 11.6. The van der Waals surface area contributed by atoms with Crippen LogP contribution < -0.4 is 15.4 Å². The number of nitrogens with one attached hydrogen (secondary N) is 2. The third-order valence-electron chi connectivity index (χ3n) is 2.86. The predicted octanol–water partition coefficient (Wildman–Crippen LogP) is 2.27. The van der Waals surface area contributed by atoms with Crippen LogP contribution in [0.4, 0.5) is 9.93 Å². The Kier molecular flexibility index (Phi) is 3.33. The molecule has 2 heterocycles. The summed E-state index contributed by atoms with van der Waals surface area (Å²) < 4.78 is 5.74. The van der Waals surface area contributed by atoms with Crippen molar-refractivity contribution in [2.75, 3.05) is 11.9 Å². The summed E-state index contributed by atoms with van der Waals surface area (Å²) in [6.07, 6.45) is 2.48. The van der Waals surface area contributed by atoms with Crippen molar-refractivity contribution in [1.29, 1.82) is 0 Å². The van der Waals surface area contributed by atoms with Gasteiger partial charge in [-0.15, -0.1) is 11.3 Å². The van der Waals surface area contributed by atoms with Crippen LogP contribution in [0.2, 0.25) is 0 Å². The Morgan fingerprint density at radius 3 is 3.16 bits per heavy atom. The van der Waals surface area contributed by atoms with E-state index < -0.39 is 0 Å².